The quantitative estimate of drug-likeness (QED) is 0.865. The van der Waals surface area contributed by atoms with Gasteiger partial charge in [0.25, 0.3) is 5.91 Å². The minimum absolute atomic E-state index is 0.0322. The van der Waals surface area contributed by atoms with E-state index in [9.17, 15) is 13.2 Å². The summed E-state index contributed by atoms with van der Waals surface area (Å²) in [5.74, 6) is -0.374. The van der Waals surface area contributed by atoms with Crippen molar-refractivity contribution in [1.82, 2.24) is 0 Å². The summed E-state index contributed by atoms with van der Waals surface area (Å²) in [7, 11) is -3.77. The molecule has 3 N–H and O–H groups in total. The van der Waals surface area contributed by atoms with Crippen LogP contribution < -0.4 is 10.5 Å². The molecule has 0 spiro atoms. The Morgan fingerprint density at radius 2 is 2.05 bits per heavy atom. The fourth-order valence-corrected chi connectivity index (χ4v) is 3.61. The highest BCUT2D eigenvalue weighted by atomic mass is 79.9. The summed E-state index contributed by atoms with van der Waals surface area (Å²) in [5.41, 5.74) is 1.83. The average molecular weight is 375 g/mol. The number of thiophene rings is 1. The Hall–Kier alpha value is -1.22. The van der Waals surface area contributed by atoms with Crippen LogP contribution in [0.25, 0.3) is 0 Å². The monoisotopic (exact) mass is 374 g/mol. The van der Waals surface area contributed by atoms with Crippen LogP contribution in [0.2, 0.25) is 0 Å². The van der Waals surface area contributed by atoms with E-state index in [1.807, 2.05) is 19.1 Å². The van der Waals surface area contributed by atoms with Crippen LogP contribution in [0.5, 0.6) is 0 Å². The molecule has 5 nitrogen and oxygen atoms in total. The van der Waals surface area contributed by atoms with Crippen LogP contribution in [0.1, 0.15) is 15.9 Å². The number of amides is 1. The zero-order valence-electron chi connectivity index (χ0n) is 10.4. The molecule has 0 saturated heterocycles. The maximum Gasteiger partial charge on any atom is 0.256 e. The molecule has 1 heterocycles. The minimum atomic E-state index is -3.77. The molecule has 0 saturated carbocycles. The van der Waals surface area contributed by atoms with Crippen molar-refractivity contribution in [2.45, 2.75) is 11.1 Å². The van der Waals surface area contributed by atoms with Gasteiger partial charge in [0.05, 0.1) is 5.56 Å². The maximum atomic E-state index is 12.0. The lowest BCUT2D eigenvalue weighted by Gasteiger charge is -2.07. The summed E-state index contributed by atoms with van der Waals surface area (Å²) in [4.78, 5) is 12.0. The van der Waals surface area contributed by atoms with Crippen LogP contribution in [0.15, 0.2) is 38.3 Å². The molecule has 8 heteroatoms. The fraction of sp³-hybridized carbons (Fsp3) is 0.0833. The standard InChI is InChI=1S/C12H11BrN2O3S2/c1-7-4-9(13)2-3-10(7)15-12(16)8-5-11(19-6-8)20(14,17)18/h2-6H,1H3,(H,15,16)(H2,14,17,18). The number of primary sulfonamides is 1. The molecule has 1 aromatic heterocycles. The smallest absolute Gasteiger partial charge is 0.256 e. The van der Waals surface area contributed by atoms with Crippen molar-refractivity contribution >= 4 is 48.9 Å². The van der Waals surface area contributed by atoms with E-state index in [0.29, 0.717) is 5.69 Å². The number of benzene rings is 1. The number of carbonyl (C=O) groups excluding carboxylic acids is 1. The molecule has 1 amide bonds. The molecule has 2 rings (SSSR count). The van der Waals surface area contributed by atoms with E-state index in [1.54, 1.807) is 6.07 Å². The predicted octanol–water partition coefficient (Wildman–Crippen LogP) is 2.72. The highest BCUT2D eigenvalue weighted by Gasteiger charge is 2.15. The first-order valence-corrected chi connectivity index (χ1v) is 8.68. The van der Waals surface area contributed by atoms with Gasteiger partial charge in [0, 0.05) is 15.5 Å². The van der Waals surface area contributed by atoms with E-state index in [4.69, 9.17) is 5.14 Å². The maximum absolute atomic E-state index is 12.0. The molecule has 106 valence electrons. The van der Waals surface area contributed by atoms with Gasteiger partial charge in [-0.25, -0.2) is 13.6 Å². The zero-order valence-corrected chi connectivity index (χ0v) is 13.6. The van der Waals surface area contributed by atoms with Gasteiger partial charge >= 0.3 is 0 Å². The number of carbonyl (C=O) groups is 1. The number of sulfonamides is 1. The first-order chi connectivity index (χ1) is 9.27. The Morgan fingerprint density at radius 1 is 1.35 bits per heavy atom. The van der Waals surface area contributed by atoms with Gasteiger partial charge in [0.15, 0.2) is 0 Å². The molecule has 0 aliphatic rings. The van der Waals surface area contributed by atoms with Gasteiger partial charge in [-0.3, -0.25) is 4.79 Å². The number of halogens is 1. The van der Waals surface area contributed by atoms with Crippen molar-refractivity contribution in [2.75, 3.05) is 5.32 Å². The van der Waals surface area contributed by atoms with Crippen molar-refractivity contribution < 1.29 is 13.2 Å². The fourth-order valence-electron chi connectivity index (χ4n) is 1.55. The van der Waals surface area contributed by atoms with Gasteiger partial charge in [0.2, 0.25) is 10.0 Å². The topological polar surface area (TPSA) is 89.3 Å². The van der Waals surface area contributed by atoms with Crippen molar-refractivity contribution in [3.8, 4) is 0 Å². The summed E-state index contributed by atoms with van der Waals surface area (Å²) < 4.78 is 23.2. The van der Waals surface area contributed by atoms with E-state index < -0.39 is 10.0 Å². The molecule has 0 aliphatic heterocycles. The third-order valence-corrected chi connectivity index (χ3v) is 5.43. The van der Waals surface area contributed by atoms with Crippen molar-refractivity contribution in [2.24, 2.45) is 5.14 Å². The Morgan fingerprint density at radius 3 is 2.60 bits per heavy atom. The van der Waals surface area contributed by atoms with E-state index in [-0.39, 0.29) is 15.7 Å². The number of nitrogens with two attached hydrogens (primary N) is 1. The number of aryl methyl sites for hydroxylation is 1. The minimum Gasteiger partial charge on any atom is -0.322 e. The molecule has 1 aromatic carbocycles. The average Bonchev–Trinajstić information content (AvgIpc) is 2.82. The lowest BCUT2D eigenvalue weighted by atomic mass is 10.2. The van der Waals surface area contributed by atoms with Crippen LogP contribution in [0.3, 0.4) is 0 Å². The SMILES string of the molecule is Cc1cc(Br)ccc1NC(=O)c1csc(S(N)(=O)=O)c1. The molecular weight excluding hydrogens is 364 g/mol. The van der Waals surface area contributed by atoms with Crippen LogP contribution in [0, 0.1) is 6.92 Å². The lowest BCUT2D eigenvalue weighted by molar-refractivity contribution is 0.102. The number of hydrogen-bond acceptors (Lipinski definition) is 4. The predicted molar refractivity (Wildman–Crippen MR) is 82.5 cm³/mol. The zero-order chi connectivity index (χ0) is 14.9. The van der Waals surface area contributed by atoms with Gasteiger partial charge in [-0.1, -0.05) is 15.9 Å². The molecule has 0 bridgehead atoms. The van der Waals surface area contributed by atoms with E-state index >= 15 is 0 Å². The molecule has 0 atom stereocenters. The van der Waals surface area contributed by atoms with E-state index in [1.165, 1.54) is 11.4 Å². The number of anilines is 1. The Balaban J connectivity index is 2.22. The lowest BCUT2D eigenvalue weighted by Crippen LogP contribution is -2.13. The van der Waals surface area contributed by atoms with Gasteiger partial charge in [-0.15, -0.1) is 11.3 Å². The van der Waals surface area contributed by atoms with Gasteiger partial charge in [-0.2, -0.15) is 0 Å². The molecular formula is C12H11BrN2O3S2. The molecule has 20 heavy (non-hydrogen) atoms. The highest BCUT2D eigenvalue weighted by molar-refractivity contribution is 9.10. The Labute approximate surface area is 129 Å². The second-order valence-electron chi connectivity index (χ2n) is 4.11. The summed E-state index contributed by atoms with van der Waals surface area (Å²) in [6.07, 6.45) is 0. The summed E-state index contributed by atoms with van der Waals surface area (Å²) in [6, 6.07) is 6.72. The molecule has 0 aliphatic carbocycles. The second kappa shape index (κ2) is 5.65. The van der Waals surface area contributed by atoms with Gasteiger partial charge in [0.1, 0.15) is 4.21 Å². The van der Waals surface area contributed by atoms with E-state index in [0.717, 1.165) is 21.4 Å². The third kappa shape index (κ3) is 3.45. The number of nitrogens with one attached hydrogen (secondary N) is 1. The molecule has 2 aromatic rings. The third-order valence-electron chi connectivity index (χ3n) is 2.55. The number of rotatable bonds is 3. The summed E-state index contributed by atoms with van der Waals surface area (Å²) in [5, 5.41) is 9.20. The normalized spacial score (nSPS) is 11.3. The van der Waals surface area contributed by atoms with Crippen LogP contribution in [-0.4, -0.2) is 14.3 Å². The van der Waals surface area contributed by atoms with Crippen LogP contribution in [-0.2, 0) is 10.0 Å². The van der Waals surface area contributed by atoms with Gasteiger partial charge in [-0.05, 0) is 36.8 Å². The Kier molecular flexibility index (Phi) is 4.28. The Bertz CT molecular complexity index is 769. The number of hydrogen-bond donors (Lipinski definition) is 2. The summed E-state index contributed by atoms with van der Waals surface area (Å²) in [6.45, 7) is 1.86. The van der Waals surface area contributed by atoms with Crippen LogP contribution in [0.4, 0.5) is 5.69 Å². The first kappa shape index (κ1) is 15.2. The largest absolute Gasteiger partial charge is 0.322 e. The van der Waals surface area contributed by atoms with Gasteiger partial charge < -0.3 is 5.32 Å². The van der Waals surface area contributed by atoms with Crippen molar-refractivity contribution in [1.29, 1.82) is 0 Å². The molecule has 0 fully saturated rings. The molecule has 0 radical (unpaired) electrons. The van der Waals surface area contributed by atoms with Crippen LogP contribution >= 0.6 is 27.3 Å². The first-order valence-electron chi connectivity index (χ1n) is 5.46. The van der Waals surface area contributed by atoms with Crippen molar-refractivity contribution in [3.63, 3.8) is 0 Å². The van der Waals surface area contributed by atoms with Crippen molar-refractivity contribution in [3.05, 3.63) is 45.2 Å². The highest BCUT2D eigenvalue weighted by Crippen LogP contribution is 2.23. The van der Waals surface area contributed by atoms with E-state index in [2.05, 4.69) is 21.2 Å². The summed E-state index contributed by atoms with van der Waals surface area (Å²) >= 11 is 4.26. The second-order valence-corrected chi connectivity index (χ2v) is 7.73. The molecule has 0 unspecified atom stereocenters.